The zero-order valence-corrected chi connectivity index (χ0v) is 17.9. The van der Waals surface area contributed by atoms with Crippen molar-refractivity contribution < 1.29 is 4.79 Å². The summed E-state index contributed by atoms with van der Waals surface area (Å²) in [7, 11) is 0. The number of nitrogens with two attached hydrogens (primary N) is 1. The summed E-state index contributed by atoms with van der Waals surface area (Å²) in [6, 6.07) is 14.2. The largest absolute Gasteiger partial charge is 0.384 e. The first-order valence-electron chi connectivity index (χ1n) is 9.35. The Morgan fingerprint density at radius 2 is 2.00 bits per heavy atom. The minimum atomic E-state index is -0.357. The first kappa shape index (κ1) is 19.0. The van der Waals surface area contributed by atoms with E-state index in [9.17, 15) is 10.1 Å². The van der Waals surface area contributed by atoms with Gasteiger partial charge in [0.1, 0.15) is 5.82 Å². The van der Waals surface area contributed by atoms with Gasteiger partial charge in [-0.3, -0.25) is 9.69 Å². The van der Waals surface area contributed by atoms with Gasteiger partial charge in [-0.25, -0.2) is 0 Å². The highest BCUT2D eigenvalue weighted by Gasteiger charge is 2.40. The van der Waals surface area contributed by atoms with Gasteiger partial charge >= 0.3 is 0 Å². The number of carbonyl (C=O) groups excluding carboxylic acids is 1. The second kappa shape index (κ2) is 7.57. The van der Waals surface area contributed by atoms with Gasteiger partial charge in [0.25, 0.3) is 0 Å². The molecule has 28 heavy (non-hydrogen) atoms. The molecule has 2 aromatic rings. The predicted molar refractivity (Wildman–Crippen MR) is 116 cm³/mol. The van der Waals surface area contributed by atoms with Crippen molar-refractivity contribution in [2.75, 3.05) is 4.90 Å². The van der Waals surface area contributed by atoms with E-state index in [2.05, 4.69) is 35.0 Å². The lowest BCUT2D eigenvalue weighted by Gasteiger charge is -2.39. The molecule has 0 radical (unpaired) electrons. The Hall–Kier alpha value is -2.36. The molecular formula is C22H20BrN3OS. The molecule has 1 atom stereocenters. The molecule has 4 rings (SSSR count). The summed E-state index contributed by atoms with van der Waals surface area (Å²) in [6.07, 6.45) is 3.04. The first-order valence-corrected chi connectivity index (χ1v) is 11.0. The summed E-state index contributed by atoms with van der Waals surface area (Å²) in [5.41, 5.74) is 9.56. The van der Waals surface area contributed by atoms with Crippen LogP contribution in [0.25, 0.3) is 0 Å². The topological polar surface area (TPSA) is 70.1 Å². The van der Waals surface area contributed by atoms with Crippen molar-refractivity contribution in [3.8, 4) is 6.07 Å². The van der Waals surface area contributed by atoms with Gasteiger partial charge in [-0.1, -0.05) is 22.9 Å². The number of benzene rings is 1. The Morgan fingerprint density at radius 3 is 2.64 bits per heavy atom. The third-order valence-electron chi connectivity index (χ3n) is 5.31. The van der Waals surface area contributed by atoms with Gasteiger partial charge < -0.3 is 5.73 Å². The summed E-state index contributed by atoms with van der Waals surface area (Å²) in [6.45, 7) is 2.11. The van der Waals surface area contributed by atoms with Crippen LogP contribution in [0.15, 0.2) is 63.5 Å². The van der Waals surface area contributed by atoms with E-state index in [0.29, 0.717) is 17.8 Å². The zero-order chi connectivity index (χ0) is 19.8. The number of halogens is 1. The normalized spacial score (nSPS) is 19.7. The highest BCUT2D eigenvalue weighted by atomic mass is 79.9. The fraction of sp³-hybridized carbons (Fsp3) is 0.273. The summed E-state index contributed by atoms with van der Waals surface area (Å²) < 4.78 is 0.966. The molecule has 1 aliphatic heterocycles. The molecule has 0 saturated carbocycles. The molecule has 1 unspecified atom stereocenters. The molecule has 0 saturated heterocycles. The number of rotatable bonds is 3. The Bertz CT molecular complexity index is 1040. The second-order valence-electron chi connectivity index (χ2n) is 6.95. The van der Waals surface area contributed by atoms with Crippen LogP contribution in [-0.2, 0) is 11.2 Å². The quantitative estimate of drug-likeness (QED) is 0.676. The fourth-order valence-electron chi connectivity index (χ4n) is 4.00. The second-order valence-corrected chi connectivity index (χ2v) is 9.07. The average Bonchev–Trinajstić information content (AvgIpc) is 3.17. The van der Waals surface area contributed by atoms with E-state index in [1.54, 1.807) is 11.3 Å². The van der Waals surface area contributed by atoms with Crippen LogP contribution in [-0.4, -0.2) is 5.78 Å². The van der Waals surface area contributed by atoms with Crippen LogP contribution in [0.1, 0.15) is 41.9 Å². The van der Waals surface area contributed by atoms with Crippen molar-refractivity contribution in [1.29, 1.82) is 5.26 Å². The number of Topliss-reactive ketones (excluding diaryl/α,β-unsaturated/α-hetero) is 1. The van der Waals surface area contributed by atoms with Gasteiger partial charge in [0.2, 0.25) is 0 Å². The van der Waals surface area contributed by atoms with Crippen LogP contribution < -0.4 is 10.6 Å². The fourth-order valence-corrected chi connectivity index (χ4v) is 5.33. The minimum absolute atomic E-state index is 0.125. The number of ketones is 1. The number of aryl methyl sites for hydroxylation is 1. The van der Waals surface area contributed by atoms with Crippen LogP contribution in [0, 0.1) is 11.3 Å². The molecule has 0 spiro atoms. The maximum Gasteiger partial charge on any atom is 0.161 e. The van der Waals surface area contributed by atoms with Crippen LogP contribution >= 0.6 is 27.3 Å². The number of nitriles is 1. The monoisotopic (exact) mass is 453 g/mol. The van der Waals surface area contributed by atoms with Crippen molar-refractivity contribution in [3.05, 3.63) is 73.3 Å². The van der Waals surface area contributed by atoms with Gasteiger partial charge in [-0.15, -0.1) is 11.3 Å². The Kier molecular flexibility index (Phi) is 5.13. The van der Waals surface area contributed by atoms with Crippen molar-refractivity contribution in [1.82, 2.24) is 0 Å². The number of anilines is 1. The van der Waals surface area contributed by atoms with E-state index in [0.717, 1.165) is 45.6 Å². The van der Waals surface area contributed by atoms with Gasteiger partial charge in [-0.2, -0.15) is 5.26 Å². The molecule has 1 aromatic heterocycles. The first-order chi connectivity index (χ1) is 13.5. The molecule has 0 amide bonds. The van der Waals surface area contributed by atoms with Crippen LogP contribution in [0.5, 0.6) is 0 Å². The molecule has 1 aromatic carbocycles. The van der Waals surface area contributed by atoms with Crippen molar-refractivity contribution in [2.24, 2.45) is 5.73 Å². The Labute approximate surface area is 177 Å². The molecule has 2 heterocycles. The highest BCUT2D eigenvalue weighted by molar-refractivity contribution is 9.10. The molecular weight excluding hydrogens is 434 g/mol. The van der Waals surface area contributed by atoms with E-state index in [1.807, 2.05) is 35.2 Å². The summed E-state index contributed by atoms with van der Waals surface area (Å²) >= 11 is 5.12. The maximum atomic E-state index is 13.0. The highest BCUT2D eigenvalue weighted by Crippen LogP contribution is 2.47. The van der Waals surface area contributed by atoms with Crippen molar-refractivity contribution in [2.45, 2.75) is 38.5 Å². The predicted octanol–water partition coefficient (Wildman–Crippen LogP) is 5.38. The number of hydrogen-bond donors (Lipinski definition) is 1. The standard InChI is InChI=1S/C22H20BrN3OS/c1-2-15-10-11-19(28-15)20-16(12-24)22(25)26(14-8-6-13(23)7-9-14)17-4-3-5-18(27)21(17)20/h6-11,20H,2-5,25H2,1H3. The third-order valence-corrected chi connectivity index (χ3v) is 7.14. The molecule has 142 valence electrons. The van der Waals surface area contributed by atoms with E-state index in [1.165, 1.54) is 4.88 Å². The van der Waals surface area contributed by atoms with E-state index >= 15 is 0 Å². The van der Waals surface area contributed by atoms with E-state index < -0.39 is 0 Å². The molecule has 0 fully saturated rings. The lowest BCUT2D eigenvalue weighted by atomic mass is 9.78. The summed E-state index contributed by atoms with van der Waals surface area (Å²) in [5, 5.41) is 9.99. The lowest BCUT2D eigenvalue weighted by Crippen LogP contribution is -2.38. The maximum absolute atomic E-state index is 13.0. The Balaban J connectivity index is 1.93. The van der Waals surface area contributed by atoms with Gasteiger partial charge in [0.05, 0.1) is 17.6 Å². The number of carbonyl (C=O) groups is 1. The van der Waals surface area contributed by atoms with Crippen molar-refractivity contribution in [3.63, 3.8) is 0 Å². The molecule has 4 nitrogen and oxygen atoms in total. The number of nitrogens with zero attached hydrogens (tertiary/aromatic N) is 2. The third kappa shape index (κ3) is 3.09. The zero-order valence-electron chi connectivity index (χ0n) is 15.5. The SMILES string of the molecule is CCc1ccc(C2C(C#N)=C(N)N(c3ccc(Br)cc3)C3=C2C(=O)CCC3)s1. The van der Waals surface area contributed by atoms with Gasteiger partial charge in [0, 0.05) is 37.6 Å². The molecule has 2 N–H and O–H groups in total. The average molecular weight is 454 g/mol. The molecule has 2 aliphatic rings. The van der Waals surface area contributed by atoms with Crippen LogP contribution in [0.3, 0.4) is 0 Å². The minimum Gasteiger partial charge on any atom is -0.384 e. The molecule has 1 aliphatic carbocycles. The van der Waals surface area contributed by atoms with Crippen molar-refractivity contribution >= 4 is 38.7 Å². The molecule has 6 heteroatoms. The Morgan fingerprint density at radius 1 is 1.25 bits per heavy atom. The smallest absolute Gasteiger partial charge is 0.161 e. The van der Waals surface area contributed by atoms with Gasteiger partial charge in [-0.05, 0) is 55.7 Å². The van der Waals surface area contributed by atoms with Crippen LogP contribution in [0.4, 0.5) is 5.69 Å². The van der Waals surface area contributed by atoms with Crippen LogP contribution in [0.2, 0.25) is 0 Å². The molecule has 0 bridgehead atoms. The number of allylic oxidation sites excluding steroid dienone is 3. The summed E-state index contributed by atoms with van der Waals surface area (Å²) in [5.74, 6) is 0.194. The number of thiophene rings is 1. The van der Waals surface area contributed by atoms with Gasteiger partial charge in [0.15, 0.2) is 5.78 Å². The summed E-state index contributed by atoms with van der Waals surface area (Å²) in [4.78, 5) is 17.2. The van der Waals surface area contributed by atoms with E-state index in [4.69, 9.17) is 5.73 Å². The number of hydrogen-bond acceptors (Lipinski definition) is 5. The lowest BCUT2D eigenvalue weighted by molar-refractivity contribution is -0.116. The van der Waals surface area contributed by atoms with E-state index in [-0.39, 0.29) is 11.7 Å².